The van der Waals surface area contributed by atoms with Gasteiger partial charge in [-0.15, -0.1) is 0 Å². The SMILES string of the molecule is CC(CN1CCCC(C)C1C)C(=N)N. The monoisotopic (exact) mass is 197 g/mol. The van der Waals surface area contributed by atoms with E-state index in [1.165, 1.54) is 19.4 Å². The summed E-state index contributed by atoms with van der Waals surface area (Å²) >= 11 is 0. The second-order valence-electron chi connectivity index (χ2n) is 4.71. The van der Waals surface area contributed by atoms with Crippen molar-refractivity contribution in [2.24, 2.45) is 17.6 Å². The van der Waals surface area contributed by atoms with Gasteiger partial charge in [-0.3, -0.25) is 10.3 Å². The van der Waals surface area contributed by atoms with Crippen molar-refractivity contribution in [3.05, 3.63) is 0 Å². The number of nitrogens with two attached hydrogens (primary N) is 1. The lowest BCUT2D eigenvalue weighted by Crippen LogP contribution is -2.46. The summed E-state index contributed by atoms with van der Waals surface area (Å²) in [5.74, 6) is 1.29. The van der Waals surface area contributed by atoms with E-state index in [4.69, 9.17) is 11.1 Å². The average molecular weight is 197 g/mol. The zero-order chi connectivity index (χ0) is 10.7. The molecule has 1 aliphatic rings. The number of rotatable bonds is 3. The van der Waals surface area contributed by atoms with Crippen molar-refractivity contribution in [1.29, 1.82) is 5.41 Å². The van der Waals surface area contributed by atoms with E-state index < -0.39 is 0 Å². The molecule has 0 amide bonds. The molecule has 1 rings (SSSR count). The van der Waals surface area contributed by atoms with Crippen molar-refractivity contribution in [1.82, 2.24) is 4.90 Å². The van der Waals surface area contributed by atoms with Gasteiger partial charge in [0.25, 0.3) is 0 Å². The fraction of sp³-hybridized carbons (Fsp3) is 0.909. The van der Waals surface area contributed by atoms with E-state index in [2.05, 4.69) is 18.7 Å². The van der Waals surface area contributed by atoms with Crippen LogP contribution in [0.25, 0.3) is 0 Å². The first-order valence-corrected chi connectivity index (χ1v) is 5.60. The van der Waals surface area contributed by atoms with E-state index in [0.29, 0.717) is 11.9 Å². The maximum atomic E-state index is 7.39. The van der Waals surface area contributed by atoms with E-state index >= 15 is 0 Å². The number of hydrogen-bond acceptors (Lipinski definition) is 2. The molecule has 1 saturated heterocycles. The van der Waals surface area contributed by atoms with Crippen LogP contribution >= 0.6 is 0 Å². The minimum absolute atomic E-state index is 0.197. The maximum Gasteiger partial charge on any atom is 0.0947 e. The Hall–Kier alpha value is -0.570. The molecular weight excluding hydrogens is 174 g/mol. The van der Waals surface area contributed by atoms with Crippen LogP contribution in [0.1, 0.15) is 33.6 Å². The van der Waals surface area contributed by atoms with Crippen molar-refractivity contribution >= 4 is 5.84 Å². The van der Waals surface area contributed by atoms with Crippen LogP contribution in [0.4, 0.5) is 0 Å². The predicted molar refractivity (Wildman–Crippen MR) is 60.5 cm³/mol. The molecule has 3 N–H and O–H groups in total. The van der Waals surface area contributed by atoms with Gasteiger partial charge in [0.15, 0.2) is 0 Å². The Bertz CT molecular complexity index is 203. The normalized spacial score (nSPS) is 31.4. The molecule has 1 heterocycles. The first-order valence-electron chi connectivity index (χ1n) is 5.60. The molecule has 3 heteroatoms. The maximum absolute atomic E-state index is 7.39. The molecule has 0 spiro atoms. The summed E-state index contributed by atoms with van der Waals surface area (Å²) in [4.78, 5) is 2.47. The Morgan fingerprint density at radius 3 is 2.79 bits per heavy atom. The van der Waals surface area contributed by atoms with Gasteiger partial charge in [-0.25, -0.2) is 0 Å². The van der Waals surface area contributed by atoms with Gasteiger partial charge in [-0.2, -0.15) is 0 Å². The van der Waals surface area contributed by atoms with Crippen LogP contribution in [0.15, 0.2) is 0 Å². The van der Waals surface area contributed by atoms with Crippen LogP contribution in [0.3, 0.4) is 0 Å². The highest BCUT2D eigenvalue weighted by Gasteiger charge is 2.25. The molecule has 82 valence electrons. The number of piperidine rings is 1. The van der Waals surface area contributed by atoms with Gasteiger partial charge >= 0.3 is 0 Å². The Balaban J connectivity index is 2.46. The Morgan fingerprint density at radius 1 is 1.57 bits per heavy atom. The molecular formula is C11H23N3. The molecule has 0 aromatic heterocycles. The number of likely N-dealkylation sites (tertiary alicyclic amines) is 1. The molecule has 0 radical (unpaired) electrons. The Morgan fingerprint density at radius 2 is 2.21 bits per heavy atom. The van der Waals surface area contributed by atoms with Crippen LogP contribution in [-0.4, -0.2) is 29.9 Å². The third-order valence-electron chi connectivity index (χ3n) is 3.54. The minimum Gasteiger partial charge on any atom is -0.387 e. The average Bonchev–Trinajstić information content (AvgIpc) is 2.12. The van der Waals surface area contributed by atoms with Gasteiger partial charge in [0, 0.05) is 18.5 Å². The van der Waals surface area contributed by atoms with Crippen molar-refractivity contribution in [3.8, 4) is 0 Å². The van der Waals surface area contributed by atoms with Gasteiger partial charge in [-0.1, -0.05) is 13.8 Å². The van der Waals surface area contributed by atoms with Crippen molar-refractivity contribution in [2.75, 3.05) is 13.1 Å². The summed E-state index contributed by atoms with van der Waals surface area (Å²) in [7, 11) is 0. The van der Waals surface area contributed by atoms with Gasteiger partial charge in [0.1, 0.15) is 0 Å². The zero-order valence-corrected chi connectivity index (χ0v) is 9.59. The standard InChI is InChI=1S/C11H23N3/c1-8-5-4-6-14(10(8)3)7-9(2)11(12)13/h8-10H,4-7H2,1-3H3,(H3,12,13). The lowest BCUT2D eigenvalue weighted by atomic mass is 9.91. The Labute approximate surface area is 87.2 Å². The summed E-state index contributed by atoms with van der Waals surface area (Å²) < 4.78 is 0. The Kier molecular flexibility index (Phi) is 3.93. The van der Waals surface area contributed by atoms with Crippen LogP contribution in [0, 0.1) is 17.2 Å². The summed E-state index contributed by atoms with van der Waals surface area (Å²) in [6.07, 6.45) is 2.63. The highest BCUT2D eigenvalue weighted by molar-refractivity contribution is 5.79. The van der Waals surface area contributed by atoms with Gasteiger partial charge in [0.2, 0.25) is 0 Å². The third kappa shape index (κ3) is 2.71. The number of amidine groups is 1. The van der Waals surface area contributed by atoms with Gasteiger partial charge in [-0.05, 0) is 32.2 Å². The topological polar surface area (TPSA) is 53.1 Å². The minimum atomic E-state index is 0.197. The first kappa shape index (κ1) is 11.5. The van der Waals surface area contributed by atoms with E-state index in [-0.39, 0.29) is 5.92 Å². The third-order valence-corrected chi connectivity index (χ3v) is 3.54. The molecule has 0 aromatic carbocycles. The molecule has 0 saturated carbocycles. The van der Waals surface area contributed by atoms with Gasteiger partial charge < -0.3 is 5.73 Å². The molecule has 14 heavy (non-hydrogen) atoms. The molecule has 0 bridgehead atoms. The molecule has 0 aliphatic carbocycles. The quantitative estimate of drug-likeness (QED) is 0.534. The molecule has 0 aromatic rings. The largest absolute Gasteiger partial charge is 0.387 e. The lowest BCUT2D eigenvalue weighted by molar-refractivity contribution is 0.107. The summed E-state index contributed by atoms with van der Waals surface area (Å²) in [5, 5.41) is 7.39. The highest BCUT2D eigenvalue weighted by Crippen LogP contribution is 2.23. The fourth-order valence-corrected chi connectivity index (χ4v) is 2.13. The van der Waals surface area contributed by atoms with Crippen LogP contribution in [0.5, 0.6) is 0 Å². The second-order valence-corrected chi connectivity index (χ2v) is 4.71. The summed E-state index contributed by atoms with van der Waals surface area (Å²) in [6.45, 7) is 8.75. The van der Waals surface area contributed by atoms with E-state index in [1.54, 1.807) is 0 Å². The van der Waals surface area contributed by atoms with E-state index in [1.807, 2.05) is 6.92 Å². The van der Waals surface area contributed by atoms with Crippen molar-refractivity contribution in [3.63, 3.8) is 0 Å². The van der Waals surface area contributed by atoms with E-state index in [0.717, 1.165) is 12.5 Å². The van der Waals surface area contributed by atoms with Crippen LogP contribution < -0.4 is 5.73 Å². The molecule has 3 nitrogen and oxygen atoms in total. The molecule has 3 unspecified atom stereocenters. The summed E-state index contributed by atoms with van der Waals surface area (Å²) in [5.41, 5.74) is 5.49. The van der Waals surface area contributed by atoms with Crippen LogP contribution in [0.2, 0.25) is 0 Å². The van der Waals surface area contributed by atoms with E-state index in [9.17, 15) is 0 Å². The predicted octanol–water partition coefficient (Wildman–Crippen LogP) is 1.68. The lowest BCUT2D eigenvalue weighted by Gasteiger charge is -2.39. The zero-order valence-electron chi connectivity index (χ0n) is 9.59. The van der Waals surface area contributed by atoms with Gasteiger partial charge in [0.05, 0.1) is 5.84 Å². The molecule has 3 atom stereocenters. The number of nitrogens with zero attached hydrogens (tertiary/aromatic N) is 1. The molecule has 1 aliphatic heterocycles. The molecule has 1 fully saturated rings. The van der Waals surface area contributed by atoms with Crippen molar-refractivity contribution in [2.45, 2.75) is 39.7 Å². The summed E-state index contributed by atoms with van der Waals surface area (Å²) in [6, 6.07) is 0.644. The fourth-order valence-electron chi connectivity index (χ4n) is 2.13. The van der Waals surface area contributed by atoms with Crippen molar-refractivity contribution < 1.29 is 0 Å². The van der Waals surface area contributed by atoms with Crippen LogP contribution in [-0.2, 0) is 0 Å². The highest BCUT2D eigenvalue weighted by atomic mass is 15.2. The number of hydrogen-bond donors (Lipinski definition) is 2. The smallest absolute Gasteiger partial charge is 0.0947 e. The number of nitrogens with one attached hydrogen (secondary N) is 1. The first-order chi connectivity index (χ1) is 6.52. The second kappa shape index (κ2) is 4.78.